The normalized spacial score (nSPS) is 13.3. The quantitative estimate of drug-likeness (QED) is 0.817. The van der Waals surface area contributed by atoms with Gasteiger partial charge in [-0.1, -0.05) is 6.92 Å². The van der Waals surface area contributed by atoms with Crippen LogP contribution >= 0.6 is 11.8 Å². The van der Waals surface area contributed by atoms with Crippen LogP contribution in [0.5, 0.6) is 0 Å². The van der Waals surface area contributed by atoms with Crippen molar-refractivity contribution in [2.24, 2.45) is 0 Å². The van der Waals surface area contributed by atoms with E-state index < -0.39 is 0 Å². The molecule has 0 aliphatic carbocycles. The van der Waals surface area contributed by atoms with Crippen molar-refractivity contribution >= 4 is 17.7 Å². The smallest absolute Gasteiger partial charge is 0.254 e. The topological polar surface area (TPSA) is 46.9 Å². The zero-order valence-corrected chi connectivity index (χ0v) is 13.4. The maximum absolute atomic E-state index is 12.1. The summed E-state index contributed by atoms with van der Waals surface area (Å²) in [6, 6.07) is 0.199. The fourth-order valence-electron chi connectivity index (χ4n) is 1.59. The molecule has 1 amide bonds. The third-order valence-electron chi connectivity index (χ3n) is 2.81. The Balaban J connectivity index is 2.51. The molecular weight excluding hydrogens is 258 g/mol. The minimum atomic E-state index is -0.0953. The van der Waals surface area contributed by atoms with Crippen LogP contribution in [0.15, 0.2) is 12.4 Å². The summed E-state index contributed by atoms with van der Waals surface area (Å²) >= 11 is 1.90. The first-order valence-corrected chi connectivity index (χ1v) is 7.93. The van der Waals surface area contributed by atoms with Gasteiger partial charge >= 0.3 is 0 Å². The molecule has 5 heteroatoms. The van der Waals surface area contributed by atoms with Crippen molar-refractivity contribution in [3.8, 4) is 0 Å². The molecular formula is C14H25N3OS. The molecule has 1 unspecified atom stereocenters. The van der Waals surface area contributed by atoms with Gasteiger partial charge in [0.1, 0.15) is 0 Å². The number of nitrogens with zero attached hydrogens (tertiary/aromatic N) is 2. The summed E-state index contributed by atoms with van der Waals surface area (Å²) in [5.41, 5.74) is 0.534. The molecule has 19 heavy (non-hydrogen) atoms. The van der Waals surface area contributed by atoms with Crippen molar-refractivity contribution in [2.75, 3.05) is 11.5 Å². The van der Waals surface area contributed by atoms with Crippen molar-refractivity contribution < 1.29 is 4.79 Å². The lowest BCUT2D eigenvalue weighted by atomic mass is 10.1. The highest BCUT2D eigenvalue weighted by atomic mass is 32.2. The Labute approximate surface area is 120 Å². The summed E-state index contributed by atoms with van der Waals surface area (Å²) in [7, 11) is 0. The van der Waals surface area contributed by atoms with Crippen LogP contribution in [0.2, 0.25) is 0 Å². The molecule has 0 saturated carbocycles. The molecule has 0 aliphatic rings. The van der Waals surface area contributed by atoms with Crippen LogP contribution in [0.4, 0.5) is 0 Å². The van der Waals surface area contributed by atoms with Gasteiger partial charge in [-0.15, -0.1) is 0 Å². The molecule has 0 bridgehead atoms. The van der Waals surface area contributed by atoms with E-state index in [0.29, 0.717) is 5.56 Å². The van der Waals surface area contributed by atoms with E-state index in [-0.39, 0.29) is 17.5 Å². The molecule has 0 fully saturated rings. The highest BCUT2D eigenvalue weighted by Crippen LogP contribution is 2.13. The summed E-state index contributed by atoms with van der Waals surface area (Å²) in [6.07, 6.45) is 4.44. The van der Waals surface area contributed by atoms with E-state index in [1.807, 2.05) is 29.6 Å². The van der Waals surface area contributed by atoms with Gasteiger partial charge < -0.3 is 5.32 Å². The largest absolute Gasteiger partial charge is 0.349 e. The molecule has 0 saturated heterocycles. The standard InChI is InChI=1S/C14H25N3OS/c1-6-19-8-7-11(2)16-13(18)12-9-15-17(10-12)14(3,4)5/h9-11H,6-8H2,1-5H3,(H,16,18). The van der Waals surface area contributed by atoms with E-state index in [0.717, 1.165) is 17.9 Å². The number of hydrogen-bond donors (Lipinski definition) is 1. The first-order chi connectivity index (χ1) is 8.84. The molecule has 4 nitrogen and oxygen atoms in total. The predicted octanol–water partition coefficient (Wildman–Crippen LogP) is 2.90. The van der Waals surface area contributed by atoms with Crippen molar-refractivity contribution in [3.63, 3.8) is 0 Å². The van der Waals surface area contributed by atoms with Crippen molar-refractivity contribution in [1.82, 2.24) is 15.1 Å². The molecule has 1 N–H and O–H groups in total. The third kappa shape index (κ3) is 5.27. The summed E-state index contributed by atoms with van der Waals surface area (Å²) in [5.74, 6) is 2.17. The van der Waals surface area contributed by atoms with Gasteiger partial charge in [-0.2, -0.15) is 16.9 Å². The number of hydrogen-bond acceptors (Lipinski definition) is 3. The Morgan fingerprint density at radius 2 is 2.21 bits per heavy atom. The van der Waals surface area contributed by atoms with Gasteiger partial charge in [-0.3, -0.25) is 9.48 Å². The Hall–Kier alpha value is -0.970. The van der Waals surface area contributed by atoms with E-state index in [1.165, 1.54) is 0 Å². The molecule has 1 aromatic heterocycles. The van der Waals surface area contributed by atoms with Gasteiger partial charge in [0.05, 0.1) is 17.3 Å². The number of aromatic nitrogens is 2. The fourth-order valence-corrected chi connectivity index (χ4v) is 2.40. The first kappa shape index (κ1) is 16.1. The zero-order chi connectivity index (χ0) is 14.5. The lowest BCUT2D eigenvalue weighted by molar-refractivity contribution is 0.0939. The molecule has 1 rings (SSSR count). The van der Waals surface area contributed by atoms with Crippen LogP contribution in [0.25, 0.3) is 0 Å². The lowest BCUT2D eigenvalue weighted by Crippen LogP contribution is -2.32. The number of carbonyl (C=O) groups is 1. The van der Waals surface area contributed by atoms with Crippen LogP contribution in [0.3, 0.4) is 0 Å². The van der Waals surface area contributed by atoms with Crippen LogP contribution in [-0.4, -0.2) is 33.2 Å². The van der Waals surface area contributed by atoms with E-state index in [9.17, 15) is 4.79 Å². The molecule has 0 radical (unpaired) electrons. The van der Waals surface area contributed by atoms with Crippen molar-refractivity contribution in [3.05, 3.63) is 18.0 Å². The van der Waals surface area contributed by atoms with Crippen LogP contribution < -0.4 is 5.32 Å². The average molecular weight is 283 g/mol. The predicted molar refractivity (Wildman–Crippen MR) is 81.8 cm³/mol. The lowest BCUT2D eigenvalue weighted by Gasteiger charge is -2.18. The first-order valence-electron chi connectivity index (χ1n) is 6.78. The number of carbonyl (C=O) groups excluding carboxylic acids is 1. The fraction of sp³-hybridized carbons (Fsp3) is 0.714. The van der Waals surface area contributed by atoms with E-state index >= 15 is 0 Å². The van der Waals surface area contributed by atoms with E-state index in [4.69, 9.17) is 0 Å². The molecule has 0 aromatic carbocycles. The Morgan fingerprint density at radius 1 is 1.53 bits per heavy atom. The van der Waals surface area contributed by atoms with Gasteiger partial charge in [0, 0.05) is 12.2 Å². The molecule has 1 aromatic rings. The van der Waals surface area contributed by atoms with Gasteiger partial charge in [0.15, 0.2) is 0 Å². The number of amides is 1. The van der Waals surface area contributed by atoms with Crippen molar-refractivity contribution in [2.45, 2.75) is 52.6 Å². The second-order valence-corrected chi connectivity index (χ2v) is 7.10. The monoisotopic (exact) mass is 283 g/mol. The Kier molecular flexibility index (Phi) is 5.91. The average Bonchev–Trinajstić information content (AvgIpc) is 2.78. The molecule has 0 aliphatic heterocycles. The van der Waals surface area contributed by atoms with Crippen LogP contribution in [0, 0.1) is 0 Å². The minimum Gasteiger partial charge on any atom is -0.349 e. The summed E-state index contributed by atoms with van der Waals surface area (Å²) in [5, 5.41) is 7.26. The van der Waals surface area contributed by atoms with Crippen molar-refractivity contribution in [1.29, 1.82) is 0 Å². The molecule has 1 atom stereocenters. The maximum atomic E-state index is 12.1. The molecule has 108 valence electrons. The van der Waals surface area contributed by atoms with Gasteiger partial charge in [0.2, 0.25) is 0 Å². The Bertz CT molecular complexity index is 409. The van der Waals surface area contributed by atoms with E-state index in [2.05, 4.69) is 38.1 Å². The van der Waals surface area contributed by atoms with E-state index in [1.54, 1.807) is 6.20 Å². The SMILES string of the molecule is CCSCCC(C)NC(=O)c1cnn(C(C)(C)C)c1. The van der Waals surface area contributed by atoms with Crippen LogP contribution in [-0.2, 0) is 5.54 Å². The Morgan fingerprint density at radius 3 is 2.74 bits per heavy atom. The van der Waals surface area contributed by atoms with Gasteiger partial charge in [-0.25, -0.2) is 0 Å². The summed E-state index contributed by atoms with van der Waals surface area (Å²) in [6.45, 7) is 10.4. The second-order valence-electron chi connectivity index (χ2n) is 5.70. The highest BCUT2D eigenvalue weighted by molar-refractivity contribution is 7.99. The summed E-state index contributed by atoms with van der Waals surface area (Å²) in [4.78, 5) is 12.1. The maximum Gasteiger partial charge on any atom is 0.254 e. The number of nitrogens with one attached hydrogen (secondary N) is 1. The molecule has 1 heterocycles. The van der Waals surface area contributed by atoms with Gasteiger partial charge in [0.25, 0.3) is 5.91 Å². The minimum absolute atomic E-state index is 0.0375. The number of thioether (sulfide) groups is 1. The van der Waals surface area contributed by atoms with Gasteiger partial charge in [-0.05, 0) is 45.6 Å². The third-order valence-corrected chi connectivity index (χ3v) is 3.74. The highest BCUT2D eigenvalue weighted by Gasteiger charge is 2.17. The molecule has 0 spiro atoms. The summed E-state index contributed by atoms with van der Waals surface area (Å²) < 4.78 is 1.82. The second kappa shape index (κ2) is 6.98. The number of rotatable bonds is 6. The van der Waals surface area contributed by atoms with Crippen LogP contribution in [0.1, 0.15) is 51.4 Å². The zero-order valence-electron chi connectivity index (χ0n) is 12.6.